The standard InChI is InChI=1S/C8H9.Al.3H/c1-2-8-6-4-3-5-7-8;;;;/h3-7H,1-2H2;;;;. The first-order valence-corrected chi connectivity index (χ1v) is 2.76. The van der Waals surface area contributed by atoms with Gasteiger partial charge < -0.3 is 0 Å². The first-order valence-electron chi connectivity index (χ1n) is 2.76. The number of rotatable bonds is 1. The molecule has 1 aromatic carbocycles. The van der Waals surface area contributed by atoms with Crippen LogP contribution in [0, 0.1) is 6.92 Å². The van der Waals surface area contributed by atoms with Gasteiger partial charge in [0, 0.05) is 0 Å². The molecule has 0 spiro atoms. The fraction of sp³-hybridized carbons (Fsp3) is 0.125. The number of hydrogen-bond donors (Lipinski definition) is 0. The van der Waals surface area contributed by atoms with Crippen molar-refractivity contribution in [3.63, 3.8) is 0 Å². The SMILES string of the molecule is [AlH3].[CH2]Cc1ccccc1. The van der Waals surface area contributed by atoms with Crippen LogP contribution in [0.25, 0.3) is 0 Å². The molecule has 0 aliphatic carbocycles. The molecule has 0 nitrogen and oxygen atoms in total. The molecule has 1 rings (SSSR count). The molecular weight excluding hydrogens is 123 g/mol. The molecule has 0 N–H and O–H groups in total. The fourth-order valence-corrected chi connectivity index (χ4v) is 0.645. The molecule has 0 aromatic heterocycles. The second kappa shape index (κ2) is 4.61. The largest absolute Gasteiger partial charge is 0.187 e. The molecule has 0 amide bonds. The minimum absolute atomic E-state index is 0. The Bertz CT molecular complexity index is 146. The quantitative estimate of drug-likeness (QED) is 0.501. The number of benzene rings is 1. The van der Waals surface area contributed by atoms with Gasteiger partial charge in [0.05, 0.1) is 0 Å². The van der Waals surface area contributed by atoms with E-state index in [0.717, 1.165) is 6.42 Å². The predicted molar refractivity (Wildman–Crippen MR) is 45.4 cm³/mol. The summed E-state index contributed by atoms with van der Waals surface area (Å²) in [6, 6.07) is 10.2. The van der Waals surface area contributed by atoms with Crippen LogP contribution in [0.3, 0.4) is 0 Å². The normalized spacial score (nSPS) is 8.11. The van der Waals surface area contributed by atoms with E-state index >= 15 is 0 Å². The van der Waals surface area contributed by atoms with E-state index in [1.54, 1.807) is 0 Å². The van der Waals surface area contributed by atoms with Crippen molar-refractivity contribution in [3.8, 4) is 0 Å². The van der Waals surface area contributed by atoms with Gasteiger partial charge in [-0.25, -0.2) is 0 Å². The summed E-state index contributed by atoms with van der Waals surface area (Å²) < 4.78 is 0. The summed E-state index contributed by atoms with van der Waals surface area (Å²) in [5.74, 6) is 0. The Labute approximate surface area is 67.0 Å². The van der Waals surface area contributed by atoms with Gasteiger partial charge in [0.25, 0.3) is 0 Å². The van der Waals surface area contributed by atoms with E-state index in [4.69, 9.17) is 0 Å². The van der Waals surface area contributed by atoms with E-state index in [1.165, 1.54) is 5.56 Å². The second-order valence-electron chi connectivity index (χ2n) is 1.74. The van der Waals surface area contributed by atoms with Gasteiger partial charge in [0.2, 0.25) is 0 Å². The van der Waals surface area contributed by atoms with E-state index in [-0.39, 0.29) is 17.4 Å². The fourth-order valence-electron chi connectivity index (χ4n) is 0.645. The highest BCUT2D eigenvalue weighted by atomic mass is 27.0. The van der Waals surface area contributed by atoms with Gasteiger partial charge in [0.15, 0.2) is 17.4 Å². The van der Waals surface area contributed by atoms with Gasteiger partial charge in [0.1, 0.15) is 0 Å². The van der Waals surface area contributed by atoms with Crippen LogP contribution in [0.4, 0.5) is 0 Å². The highest BCUT2D eigenvalue weighted by molar-refractivity contribution is 5.75. The monoisotopic (exact) mass is 135 g/mol. The van der Waals surface area contributed by atoms with Gasteiger partial charge in [-0.2, -0.15) is 0 Å². The molecule has 1 heteroatoms. The lowest BCUT2D eigenvalue weighted by Gasteiger charge is -1.89. The van der Waals surface area contributed by atoms with Crippen LogP contribution in [0.15, 0.2) is 30.3 Å². The molecule has 47 valence electrons. The minimum Gasteiger partial charge on any atom is -0.0622 e. The Morgan fingerprint density at radius 1 is 1.11 bits per heavy atom. The van der Waals surface area contributed by atoms with E-state index in [2.05, 4.69) is 19.1 Å². The van der Waals surface area contributed by atoms with Gasteiger partial charge in [-0.3, -0.25) is 0 Å². The lowest BCUT2D eigenvalue weighted by atomic mass is 10.2. The van der Waals surface area contributed by atoms with Gasteiger partial charge in [-0.15, -0.1) is 0 Å². The maximum atomic E-state index is 3.76. The molecule has 1 radical (unpaired) electrons. The summed E-state index contributed by atoms with van der Waals surface area (Å²) in [7, 11) is 0. The molecule has 0 aliphatic rings. The predicted octanol–water partition coefficient (Wildman–Crippen LogP) is 0.879. The molecule has 0 saturated heterocycles. The third-order valence-electron chi connectivity index (χ3n) is 1.13. The molecular formula is C8H12Al. The van der Waals surface area contributed by atoms with Crippen molar-refractivity contribution in [1.29, 1.82) is 0 Å². The maximum Gasteiger partial charge on any atom is 0.187 e. The van der Waals surface area contributed by atoms with Gasteiger partial charge >= 0.3 is 0 Å². The van der Waals surface area contributed by atoms with Crippen molar-refractivity contribution in [1.82, 2.24) is 0 Å². The topological polar surface area (TPSA) is 0 Å². The Kier molecular flexibility index (Phi) is 4.49. The summed E-state index contributed by atoms with van der Waals surface area (Å²) >= 11 is 0. The lowest BCUT2D eigenvalue weighted by molar-refractivity contribution is 1.27. The van der Waals surface area contributed by atoms with Crippen molar-refractivity contribution in [2.24, 2.45) is 0 Å². The third-order valence-corrected chi connectivity index (χ3v) is 1.13. The van der Waals surface area contributed by atoms with E-state index < -0.39 is 0 Å². The zero-order chi connectivity index (χ0) is 5.82. The first-order chi connectivity index (χ1) is 3.93. The zero-order valence-electron chi connectivity index (χ0n) is 4.80. The van der Waals surface area contributed by atoms with Gasteiger partial charge in [-0.1, -0.05) is 30.3 Å². The van der Waals surface area contributed by atoms with Crippen molar-refractivity contribution >= 4 is 17.4 Å². The van der Waals surface area contributed by atoms with Crippen LogP contribution < -0.4 is 0 Å². The maximum absolute atomic E-state index is 3.76. The molecule has 0 atom stereocenters. The molecule has 0 bridgehead atoms. The van der Waals surface area contributed by atoms with E-state index in [9.17, 15) is 0 Å². The highest BCUT2D eigenvalue weighted by Crippen LogP contribution is 1.96. The van der Waals surface area contributed by atoms with Crippen LogP contribution in [0.5, 0.6) is 0 Å². The smallest absolute Gasteiger partial charge is 0.0622 e. The number of hydrogen-bond acceptors (Lipinski definition) is 0. The Morgan fingerprint density at radius 2 is 1.67 bits per heavy atom. The molecule has 0 fully saturated rings. The summed E-state index contributed by atoms with van der Waals surface area (Å²) in [5, 5.41) is 0. The van der Waals surface area contributed by atoms with Gasteiger partial charge in [-0.05, 0) is 18.9 Å². The van der Waals surface area contributed by atoms with Crippen molar-refractivity contribution < 1.29 is 0 Å². The van der Waals surface area contributed by atoms with Crippen LogP contribution in [-0.2, 0) is 6.42 Å². The molecule has 0 saturated carbocycles. The van der Waals surface area contributed by atoms with Crippen LogP contribution in [0.1, 0.15) is 5.56 Å². The van der Waals surface area contributed by atoms with Crippen molar-refractivity contribution in [3.05, 3.63) is 42.8 Å². The molecule has 0 unspecified atom stereocenters. The Balaban J connectivity index is 0.000000640. The summed E-state index contributed by atoms with van der Waals surface area (Å²) in [6.07, 6.45) is 0.890. The average molecular weight is 135 g/mol. The average Bonchev–Trinajstić information content (AvgIpc) is 1.90. The first kappa shape index (κ1) is 8.75. The summed E-state index contributed by atoms with van der Waals surface area (Å²) in [4.78, 5) is 0. The zero-order valence-corrected chi connectivity index (χ0v) is 4.80. The lowest BCUT2D eigenvalue weighted by Crippen LogP contribution is -1.74. The Hall–Kier alpha value is -0.248. The molecule has 0 aliphatic heterocycles. The van der Waals surface area contributed by atoms with Crippen LogP contribution in [-0.4, -0.2) is 17.4 Å². The van der Waals surface area contributed by atoms with Crippen LogP contribution >= 0.6 is 0 Å². The summed E-state index contributed by atoms with van der Waals surface area (Å²) in [5.41, 5.74) is 1.30. The summed E-state index contributed by atoms with van der Waals surface area (Å²) in [6.45, 7) is 3.76. The van der Waals surface area contributed by atoms with E-state index in [1.807, 2.05) is 18.2 Å². The highest BCUT2D eigenvalue weighted by Gasteiger charge is 1.80. The second-order valence-corrected chi connectivity index (χ2v) is 1.74. The van der Waals surface area contributed by atoms with E-state index in [0.29, 0.717) is 0 Å². The van der Waals surface area contributed by atoms with Crippen molar-refractivity contribution in [2.45, 2.75) is 6.42 Å². The Morgan fingerprint density at radius 3 is 2.00 bits per heavy atom. The van der Waals surface area contributed by atoms with Crippen LogP contribution in [0.2, 0.25) is 0 Å². The third kappa shape index (κ3) is 2.70. The minimum atomic E-state index is 0. The molecule has 1 aromatic rings. The molecule has 9 heavy (non-hydrogen) atoms. The molecule has 0 heterocycles. The van der Waals surface area contributed by atoms with Crippen molar-refractivity contribution in [2.75, 3.05) is 0 Å².